The molecule has 20 heavy (non-hydrogen) atoms. The average molecular weight is 276 g/mol. The third-order valence-electron chi connectivity index (χ3n) is 3.85. The van der Waals surface area contributed by atoms with Crippen molar-refractivity contribution in [2.75, 3.05) is 23.8 Å². The summed E-state index contributed by atoms with van der Waals surface area (Å²) in [6, 6.07) is 0.336. The van der Waals surface area contributed by atoms with E-state index >= 15 is 0 Å². The van der Waals surface area contributed by atoms with Crippen LogP contribution in [0.4, 0.5) is 11.8 Å². The highest BCUT2D eigenvalue weighted by atomic mass is 16.3. The Balaban J connectivity index is 2.19. The zero-order chi connectivity index (χ0) is 14.3. The van der Waals surface area contributed by atoms with Gasteiger partial charge < -0.3 is 15.7 Å². The quantitative estimate of drug-likeness (QED) is 0.867. The molecule has 0 aromatic carbocycles. The molecule has 1 aliphatic heterocycles. The van der Waals surface area contributed by atoms with E-state index in [1.54, 1.807) is 0 Å². The van der Waals surface area contributed by atoms with Crippen molar-refractivity contribution in [2.24, 2.45) is 0 Å². The summed E-state index contributed by atoms with van der Waals surface area (Å²) < 4.78 is 2.07. The number of nitrogens with two attached hydrogens (primary N) is 1. The molecule has 0 aliphatic carbocycles. The Morgan fingerprint density at radius 1 is 1.45 bits per heavy atom. The van der Waals surface area contributed by atoms with Crippen molar-refractivity contribution in [2.45, 2.75) is 38.8 Å². The molecule has 3 rings (SSSR count). The summed E-state index contributed by atoms with van der Waals surface area (Å²) in [5, 5.41) is 9.53. The molecule has 3 N–H and O–H groups in total. The summed E-state index contributed by atoms with van der Waals surface area (Å²) in [4.78, 5) is 15.1. The van der Waals surface area contributed by atoms with Crippen molar-refractivity contribution in [3.8, 4) is 0 Å². The highest BCUT2D eigenvalue weighted by Gasteiger charge is 2.29. The summed E-state index contributed by atoms with van der Waals surface area (Å²) >= 11 is 0. The molecule has 1 fully saturated rings. The number of nitrogens with zero attached hydrogens (tertiary/aromatic N) is 5. The van der Waals surface area contributed by atoms with Crippen molar-refractivity contribution in [1.29, 1.82) is 0 Å². The number of aliphatic hydroxyl groups excluding tert-OH is 1. The number of aromatic nitrogens is 4. The van der Waals surface area contributed by atoms with Crippen LogP contribution in [-0.2, 0) is 0 Å². The molecule has 7 heteroatoms. The van der Waals surface area contributed by atoms with Gasteiger partial charge in [-0.1, -0.05) is 0 Å². The Morgan fingerprint density at radius 2 is 2.25 bits per heavy atom. The van der Waals surface area contributed by atoms with Gasteiger partial charge >= 0.3 is 0 Å². The number of aliphatic hydroxyl groups is 1. The SMILES string of the molecule is CC(C)n1c(N2CCCC2CO)nc2c(N)ncnc21. The first-order valence-corrected chi connectivity index (χ1v) is 6.99. The molecular weight excluding hydrogens is 256 g/mol. The van der Waals surface area contributed by atoms with Crippen molar-refractivity contribution in [3.63, 3.8) is 0 Å². The second-order valence-corrected chi connectivity index (χ2v) is 5.48. The lowest BCUT2D eigenvalue weighted by molar-refractivity contribution is 0.265. The van der Waals surface area contributed by atoms with Gasteiger partial charge in [-0.2, -0.15) is 0 Å². The van der Waals surface area contributed by atoms with E-state index in [-0.39, 0.29) is 18.7 Å². The van der Waals surface area contributed by atoms with Gasteiger partial charge in [-0.25, -0.2) is 15.0 Å². The average Bonchev–Trinajstić information content (AvgIpc) is 3.02. The van der Waals surface area contributed by atoms with Gasteiger partial charge in [0.15, 0.2) is 17.0 Å². The first-order valence-electron chi connectivity index (χ1n) is 6.99. The second kappa shape index (κ2) is 4.90. The van der Waals surface area contributed by atoms with Crippen LogP contribution in [0.15, 0.2) is 6.33 Å². The number of hydrogen-bond donors (Lipinski definition) is 2. The summed E-state index contributed by atoms with van der Waals surface area (Å²) in [6.07, 6.45) is 3.52. The summed E-state index contributed by atoms with van der Waals surface area (Å²) in [7, 11) is 0. The number of anilines is 2. The normalized spacial score (nSPS) is 19.4. The highest BCUT2D eigenvalue weighted by molar-refractivity contribution is 5.84. The van der Waals surface area contributed by atoms with Gasteiger partial charge in [0, 0.05) is 12.6 Å². The molecule has 2 aromatic heterocycles. The van der Waals surface area contributed by atoms with E-state index in [9.17, 15) is 5.11 Å². The van der Waals surface area contributed by atoms with Crippen LogP contribution in [0.1, 0.15) is 32.7 Å². The Kier molecular flexibility index (Phi) is 3.21. The van der Waals surface area contributed by atoms with Crippen LogP contribution in [-0.4, -0.2) is 43.8 Å². The van der Waals surface area contributed by atoms with Crippen LogP contribution >= 0.6 is 0 Å². The second-order valence-electron chi connectivity index (χ2n) is 5.48. The zero-order valence-electron chi connectivity index (χ0n) is 11.8. The fourth-order valence-electron chi connectivity index (χ4n) is 2.88. The lowest BCUT2D eigenvalue weighted by Gasteiger charge is -2.26. The van der Waals surface area contributed by atoms with Crippen molar-refractivity contribution in [3.05, 3.63) is 6.33 Å². The maximum absolute atomic E-state index is 9.53. The number of imidazole rings is 1. The van der Waals surface area contributed by atoms with E-state index in [1.807, 2.05) is 0 Å². The van der Waals surface area contributed by atoms with Gasteiger partial charge in [-0.15, -0.1) is 0 Å². The number of hydrogen-bond acceptors (Lipinski definition) is 6. The maximum atomic E-state index is 9.53. The maximum Gasteiger partial charge on any atom is 0.208 e. The van der Waals surface area contributed by atoms with Gasteiger partial charge in [-0.05, 0) is 26.7 Å². The van der Waals surface area contributed by atoms with Gasteiger partial charge in [0.25, 0.3) is 0 Å². The third-order valence-corrected chi connectivity index (χ3v) is 3.85. The van der Waals surface area contributed by atoms with Gasteiger partial charge in [0.1, 0.15) is 6.33 Å². The molecule has 1 unspecified atom stereocenters. The number of rotatable bonds is 3. The molecular formula is C13H20N6O. The van der Waals surface area contributed by atoms with E-state index in [1.165, 1.54) is 6.33 Å². The molecule has 1 aliphatic rings. The molecule has 0 saturated carbocycles. The minimum Gasteiger partial charge on any atom is -0.394 e. The Bertz CT molecular complexity index is 623. The zero-order valence-corrected chi connectivity index (χ0v) is 11.8. The summed E-state index contributed by atoms with van der Waals surface area (Å²) in [6.45, 7) is 5.22. The van der Waals surface area contributed by atoms with Gasteiger partial charge in [0.05, 0.1) is 12.6 Å². The van der Waals surface area contributed by atoms with Crippen molar-refractivity contribution < 1.29 is 5.11 Å². The summed E-state index contributed by atoms with van der Waals surface area (Å²) in [5.74, 6) is 1.23. The first kappa shape index (κ1) is 13.1. The molecule has 7 nitrogen and oxygen atoms in total. The number of nitrogen functional groups attached to an aromatic ring is 1. The first-order chi connectivity index (χ1) is 9.63. The lowest BCUT2D eigenvalue weighted by Crippen LogP contribution is -2.34. The molecule has 108 valence electrons. The largest absolute Gasteiger partial charge is 0.394 e. The van der Waals surface area contributed by atoms with Crippen molar-refractivity contribution in [1.82, 2.24) is 19.5 Å². The molecule has 0 radical (unpaired) electrons. The molecule has 1 saturated heterocycles. The van der Waals surface area contributed by atoms with Crippen molar-refractivity contribution >= 4 is 22.9 Å². The topological polar surface area (TPSA) is 93.1 Å². The molecule has 1 atom stereocenters. The van der Waals surface area contributed by atoms with Gasteiger partial charge in [-0.3, -0.25) is 4.57 Å². The fourth-order valence-corrected chi connectivity index (χ4v) is 2.88. The standard InChI is InChI=1S/C13H20N6O/c1-8(2)19-12-10(11(14)15-7-16-12)17-13(19)18-5-3-4-9(18)6-20/h7-9,20H,3-6H2,1-2H3,(H2,14,15,16). The van der Waals surface area contributed by atoms with Gasteiger partial charge in [0.2, 0.25) is 5.95 Å². The monoisotopic (exact) mass is 276 g/mol. The lowest BCUT2D eigenvalue weighted by atomic mass is 10.2. The molecule has 0 bridgehead atoms. The highest BCUT2D eigenvalue weighted by Crippen LogP contribution is 2.31. The van der Waals surface area contributed by atoms with E-state index in [4.69, 9.17) is 5.73 Å². The Hall–Kier alpha value is -1.89. The fraction of sp³-hybridized carbons (Fsp3) is 0.615. The van der Waals surface area contributed by atoms with Crippen LogP contribution in [0.5, 0.6) is 0 Å². The van der Waals surface area contributed by atoms with Crippen LogP contribution in [0.2, 0.25) is 0 Å². The smallest absolute Gasteiger partial charge is 0.208 e. The predicted octanol–water partition coefficient (Wildman–Crippen LogP) is 0.950. The van der Waals surface area contributed by atoms with Crippen LogP contribution in [0.3, 0.4) is 0 Å². The summed E-state index contributed by atoms with van der Waals surface area (Å²) in [5.41, 5.74) is 7.30. The van der Waals surface area contributed by atoms with Crippen LogP contribution in [0, 0.1) is 0 Å². The third kappa shape index (κ3) is 1.89. The van der Waals surface area contributed by atoms with Crippen LogP contribution in [0.25, 0.3) is 11.2 Å². The van der Waals surface area contributed by atoms with Crippen LogP contribution < -0.4 is 10.6 Å². The minimum atomic E-state index is 0.124. The van der Waals surface area contributed by atoms with E-state index in [2.05, 4.69) is 38.3 Å². The Morgan fingerprint density at radius 3 is 2.95 bits per heavy atom. The van der Waals surface area contributed by atoms with E-state index in [0.29, 0.717) is 11.3 Å². The Labute approximate surface area is 117 Å². The van der Waals surface area contributed by atoms with E-state index in [0.717, 1.165) is 31.0 Å². The molecule has 3 heterocycles. The minimum absolute atomic E-state index is 0.124. The molecule has 0 spiro atoms. The molecule has 2 aromatic rings. The van der Waals surface area contributed by atoms with E-state index < -0.39 is 0 Å². The molecule has 0 amide bonds. The number of fused-ring (bicyclic) bond motifs is 1. The predicted molar refractivity (Wildman–Crippen MR) is 77.6 cm³/mol.